The van der Waals surface area contributed by atoms with E-state index in [9.17, 15) is 10.1 Å². The molecule has 0 amide bonds. The van der Waals surface area contributed by atoms with Crippen LogP contribution in [0.15, 0.2) is 71.1 Å². The van der Waals surface area contributed by atoms with Crippen LogP contribution in [0.3, 0.4) is 0 Å². The van der Waals surface area contributed by atoms with Gasteiger partial charge in [-0.15, -0.1) is 0 Å². The molecular formula is C23H21AsN2O3. The molecule has 4 rings (SSSR count). The number of aromatic nitrogens is 1. The molecule has 5 nitrogen and oxygen atoms in total. The normalized spacial score (nSPS) is 10.4. The molecule has 0 bridgehead atoms. The van der Waals surface area contributed by atoms with Gasteiger partial charge in [-0.05, 0) is 0 Å². The quantitative estimate of drug-likeness (QED) is 0.229. The number of nitro groups is 1. The van der Waals surface area contributed by atoms with Crippen LogP contribution in [0.25, 0.3) is 33.7 Å². The van der Waals surface area contributed by atoms with Crippen molar-refractivity contribution >= 4 is 38.0 Å². The summed E-state index contributed by atoms with van der Waals surface area (Å²) in [5.74, 6) is 0.375. The Hall–Kier alpha value is -2.91. The molecule has 0 saturated heterocycles. The van der Waals surface area contributed by atoms with Crippen LogP contribution >= 0.6 is 0 Å². The molecule has 0 spiro atoms. The molecule has 4 aromatic rings. The molecule has 0 aliphatic heterocycles. The Morgan fingerprint density at radius 1 is 0.966 bits per heavy atom. The van der Waals surface area contributed by atoms with Crippen molar-refractivity contribution in [1.82, 2.24) is 4.98 Å². The van der Waals surface area contributed by atoms with E-state index in [1.807, 2.05) is 48.5 Å². The molecule has 0 aliphatic rings. The zero-order valence-electron chi connectivity index (χ0n) is 16.3. The van der Waals surface area contributed by atoms with E-state index in [0.29, 0.717) is 17.0 Å². The fraction of sp³-hybridized carbons (Fsp3) is 0.174. The maximum atomic E-state index is 11.0. The summed E-state index contributed by atoms with van der Waals surface area (Å²) in [6.45, 7) is 4.36. The predicted molar refractivity (Wildman–Crippen MR) is 118 cm³/mol. The number of rotatable bonds is 4. The van der Waals surface area contributed by atoms with Crippen LogP contribution in [0, 0.1) is 10.1 Å². The van der Waals surface area contributed by atoms with Gasteiger partial charge in [-0.3, -0.25) is 0 Å². The van der Waals surface area contributed by atoms with Crippen LogP contribution < -0.4 is 4.35 Å². The van der Waals surface area contributed by atoms with E-state index in [0.717, 1.165) is 21.0 Å². The Labute approximate surface area is 178 Å². The standard InChI is InChI=1S/C19H11AsN2O3.C4H10/c20-16-8-7-14(22(23)24)11-15(16)19-21-17-10-13(6-9-18(17)25-19)12-4-2-1-3-5-12;1-3-4-2/h1-11H;3-4H2,1-2H3. The predicted octanol–water partition coefficient (Wildman–Crippen LogP) is 5.67. The summed E-state index contributed by atoms with van der Waals surface area (Å²) >= 11 is 2.39. The van der Waals surface area contributed by atoms with Gasteiger partial charge in [-0.25, -0.2) is 0 Å². The van der Waals surface area contributed by atoms with Gasteiger partial charge in [0.1, 0.15) is 0 Å². The molecule has 1 aromatic heterocycles. The zero-order chi connectivity index (χ0) is 20.8. The van der Waals surface area contributed by atoms with Crippen molar-refractivity contribution in [1.29, 1.82) is 0 Å². The van der Waals surface area contributed by atoms with E-state index in [-0.39, 0.29) is 5.69 Å². The number of benzene rings is 3. The third-order valence-corrected chi connectivity index (χ3v) is 5.23. The molecule has 146 valence electrons. The van der Waals surface area contributed by atoms with Crippen LogP contribution in [0.2, 0.25) is 0 Å². The molecule has 2 radical (unpaired) electrons. The Morgan fingerprint density at radius 3 is 2.34 bits per heavy atom. The van der Waals surface area contributed by atoms with Gasteiger partial charge in [0.25, 0.3) is 0 Å². The number of oxazole rings is 1. The SMILES string of the molecule is CCCC.O=[N+]([O-])c1ccc([As])c(-c2nc3cc(-c4ccccc4)ccc3o2)c1. The van der Waals surface area contributed by atoms with Crippen molar-refractivity contribution in [2.75, 3.05) is 0 Å². The third kappa shape index (κ3) is 4.93. The fourth-order valence-electron chi connectivity index (χ4n) is 2.66. The minimum atomic E-state index is -0.425. The summed E-state index contributed by atoms with van der Waals surface area (Å²) in [7, 11) is 0. The van der Waals surface area contributed by atoms with Crippen LogP contribution in [0.4, 0.5) is 5.69 Å². The summed E-state index contributed by atoms with van der Waals surface area (Å²) < 4.78 is 6.63. The van der Waals surface area contributed by atoms with Crippen LogP contribution in [-0.4, -0.2) is 26.8 Å². The molecule has 29 heavy (non-hydrogen) atoms. The van der Waals surface area contributed by atoms with E-state index in [2.05, 4.69) is 35.7 Å². The van der Waals surface area contributed by atoms with E-state index in [4.69, 9.17) is 4.42 Å². The average Bonchev–Trinajstić information content (AvgIpc) is 3.17. The van der Waals surface area contributed by atoms with Crippen molar-refractivity contribution in [3.8, 4) is 22.6 Å². The first-order valence-corrected chi connectivity index (χ1v) is 10.4. The average molecular weight is 448 g/mol. The van der Waals surface area contributed by atoms with Crippen molar-refractivity contribution < 1.29 is 9.34 Å². The molecule has 0 fully saturated rings. The second-order valence-corrected chi connectivity index (χ2v) is 7.54. The minimum absolute atomic E-state index is 0.0111. The zero-order valence-corrected chi connectivity index (χ0v) is 18.2. The van der Waals surface area contributed by atoms with Gasteiger partial charge in [-0.1, -0.05) is 26.7 Å². The molecule has 0 N–H and O–H groups in total. The first kappa shape index (κ1) is 20.8. The van der Waals surface area contributed by atoms with Crippen molar-refractivity contribution in [3.05, 3.63) is 76.8 Å². The van der Waals surface area contributed by atoms with Crippen LogP contribution in [0.5, 0.6) is 0 Å². The number of unbranched alkanes of at least 4 members (excludes halogenated alkanes) is 1. The molecule has 0 aliphatic carbocycles. The van der Waals surface area contributed by atoms with Gasteiger partial charge in [0.2, 0.25) is 0 Å². The molecular weight excluding hydrogens is 427 g/mol. The number of nitrogens with zero attached hydrogens (tertiary/aromatic N) is 2. The van der Waals surface area contributed by atoms with Gasteiger partial charge < -0.3 is 0 Å². The number of hydrogen-bond donors (Lipinski definition) is 0. The number of non-ortho nitro benzene ring substituents is 1. The Kier molecular flexibility index (Phi) is 6.84. The van der Waals surface area contributed by atoms with E-state index in [1.54, 1.807) is 6.07 Å². The van der Waals surface area contributed by atoms with E-state index in [1.165, 1.54) is 25.0 Å². The second-order valence-electron chi connectivity index (χ2n) is 6.53. The second kappa shape index (κ2) is 9.53. The molecule has 0 atom stereocenters. The first-order chi connectivity index (χ1) is 14.0. The fourth-order valence-corrected chi connectivity index (χ4v) is 3.15. The van der Waals surface area contributed by atoms with Crippen LogP contribution in [0.1, 0.15) is 26.7 Å². The third-order valence-electron chi connectivity index (χ3n) is 4.42. The summed E-state index contributed by atoms with van der Waals surface area (Å²) in [6, 6.07) is 20.4. The maximum absolute atomic E-state index is 11.0. The number of nitro benzene ring substituents is 1. The van der Waals surface area contributed by atoms with Crippen LogP contribution in [-0.2, 0) is 0 Å². The molecule has 1 heterocycles. The van der Waals surface area contributed by atoms with Gasteiger partial charge in [0.05, 0.1) is 0 Å². The Morgan fingerprint density at radius 2 is 1.69 bits per heavy atom. The van der Waals surface area contributed by atoms with Gasteiger partial charge >= 0.3 is 152 Å². The van der Waals surface area contributed by atoms with E-state index < -0.39 is 4.92 Å². The summed E-state index contributed by atoms with van der Waals surface area (Å²) in [5, 5.41) is 11.0. The van der Waals surface area contributed by atoms with Gasteiger partial charge in [0.15, 0.2) is 0 Å². The Balaban J connectivity index is 0.000000552. The number of hydrogen-bond acceptors (Lipinski definition) is 4. The number of fused-ring (bicyclic) bond motifs is 1. The monoisotopic (exact) mass is 448 g/mol. The molecule has 3 aromatic carbocycles. The molecule has 6 heteroatoms. The van der Waals surface area contributed by atoms with E-state index >= 15 is 0 Å². The summed E-state index contributed by atoms with van der Waals surface area (Å²) in [6.07, 6.45) is 2.64. The molecule has 0 saturated carbocycles. The van der Waals surface area contributed by atoms with Crippen molar-refractivity contribution in [2.24, 2.45) is 0 Å². The van der Waals surface area contributed by atoms with Gasteiger partial charge in [-0.2, -0.15) is 0 Å². The summed E-state index contributed by atoms with van der Waals surface area (Å²) in [5.41, 5.74) is 4.11. The first-order valence-electron chi connectivity index (χ1n) is 9.47. The van der Waals surface area contributed by atoms with Crippen molar-refractivity contribution in [2.45, 2.75) is 26.7 Å². The summed E-state index contributed by atoms with van der Waals surface area (Å²) in [4.78, 5) is 15.1. The van der Waals surface area contributed by atoms with Gasteiger partial charge in [0, 0.05) is 0 Å². The Bertz CT molecular complexity index is 1120. The molecule has 0 unspecified atom stereocenters. The topological polar surface area (TPSA) is 69.2 Å². The van der Waals surface area contributed by atoms with Crippen molar-refractivity contribution in [3.63, 3.8) is 0 Å².